The maximum absolute atomic E-state index is 11.4. The second-order valence-electron chi connectivity index (χ2n) is 5.16. The van der Waals surface area contributed by atoms with Gasteiger partial charge in [0.15, 0.2) is 0 Å². The van der Waals surface area contributed by atoms with Crippen molar-refractivity contribution in [3.8, 4) is 0 Å². The standard InChI is InChI=1S/C11H23N3O3S/c1-17-11-7-10(12-8-11)9-13-3-5-14(6-4-13)18(2,15)16/h10-12H,3-9H2,1-2H3. The molecular weight excluding hydrogens is 254 g/mol. The molecule has 0 saturated carbocycles. The van der Waals surface area contributed by atoms with Crippen LogP contribution in [-0.2, 0) is 14.8 Å². The summed E-state index contributed by atoms with van der Waals surface area (Å²) in [5.41, 5.74) is 0. The van der Waals surface area contributed by atoms with Crippen LogP contribution in [0.1, 0.15) is 6.42 Å². The molecule has 0 aromatic rings. The van der Waals surface area contributed by atoms with Gasteiger partial charge in [-0.05, 0) is 6.42 Å². The number of nitrogens with zero attached hydrogens (tertiary/aromatic N) is 2. The number of methoxy groups -OCH3 is 1. The molecule has 106 valence electrons. The Morgan fingerprint density at radius 1 is 1.28 bits per heavy atom. The van der Waals surface area contributed by atoms with Crippen LogP contribution in [0.4, 0.5) is 0 Å². The van der Waals surface area contributed by atoms with Crippen molar-refractivity contribution in [2.75, 3.05) is 52.6 Å². The van der Waals surface area contributed by atoms with Crippen molar-refractivity contribution in [3.63, 3.8) is 0 Å². The third-order valence-electron chi connectivity index (χ3n) is 3.79. The lowest BCUT2D eigenvalue weighted by atomic mass is 10.2. The highest BCUT2D eigenvalue weighted by Crippen LogP contribution is 2.13. The Morgan fingerprint density at radius 2 is 1.94 bits per heavy atom. The molecule has 2 fully saturated rings. The van der Waals surface area contributed by atoms with Gasteiger partial charge in [-0.25, -0.2) is 8.42 Å². The van der Waals surface area contributed by atoms with Crippen LogP contribution in [-0.4, -0.2) is 82.4 Å². The highest BCUT2D eigenvalue weighted by atomic mass is 32.2. The molecule has 0 radical (unpaired) electrons. The van der Waals surface area contributed by atoms with E-state index in [1.54, 1.807) is 11.4 Å². The van der Waals surface area contributed by atoms with E-state index < -0.39 is 10.0 Å². The predicted octanol–water partition coefficient (Wildman–Crippen LogP) is -1.06. The average molecular weight is 277 g/mol. The fourth-order valence-electron chi connectivity index (χ4n) is 2.66. The van der Waals surface area contributed by atoms with E-state index in [0.717, 1.165) is 32.6 Å². The second-order valence-corrected chi connectivity index (χ2v) is 7.14. The maximum atomic E-state index is 11.4. The van der Waals surface area contributed by atoms with Crippen molar-refractivity contribution in [3.05, 3.63) is 0 Å². The summed E-state index contributed by atoms with van der Waals surface area (Å²) in [5, 5.41) is 3.45. The molecule has 7 heteroatoms. The van der Waals surface area contributed by atoms with Gasteiger partial charge in [0, 0.05) is 52.4 Å². The molecule has 2 atom stereocenters. The van der Waals surface area contributed by atoms with Crippen molar-refractivity contribution in [2.24, 2.45) is 0 Å². The van der Waals surface area contributed by atoms with Gasteiger partial charge in [-0.3, -0.25) is 4.90 Å². The number of rotatable bonds is 4. The lowest BCUT2D eigenvalue weighted by Crippen LogP contribution is -2.51. The molecule has 2 unspecified atom stereocenters. The van der Waals surface area contributed by atoms with Crippen LogP contribution in [0.15, 0.2) is 0 Å². The number of sulfonamides is 1. The third kappa shape index (κ3) is 3.64. The van der Waals surface area contributed by atoms with Crippen LogP contribution < -0.4 is 5.32 Å². The van der Waals surface area contributed by atoms with Crippen LogP contribution in [0.2, 0.25) is 0 Å². The Labute approximate surface area is 109 Å². The van der Waals surface area contributed by atoms with E-state index in [4.69, 9.17) is 4.74 Å². The number of hydrogen-bond acceptors (Lipinski definition) is 5. The van der Waals surface area contributed by atoms with E-state index >= 15 is 0 Å². The van der Waals surface area contributed by atoms with Crippen molar-refractivity contribution < 1.29 is 13.2 Å². The Kier molecular flexibility index (Phi) is 4.60. The lowest BCUT2D eigenvalue weighted by molar-refractivity contribution is 0.114. The van der Waals surface area contributed by atoms with Gasteiger partial charge in [0.2, 0.25) is 10.0 Å². The van der Waals surface area contributed by atoms with E-state index in [-0.39, 0.29) is 0 Å². The second kappa shape index (κ2) is 5.83. The fraction of sp³-hybridized carbons (Fsp3) is 1.00. The minimum atomic E-state index is -3.02. The van der Waals surface area contributed by atoms with Crippen molar-refractivity contribution in [1.82, 2.24) is 14.5 Å². The Bertz CT molecular complexity index is 366. The Balaban J connectivity index is 1.74. The van der Waals surface area contributed by atoms with Gasteiger partial charge in [0.05, 0.1) is 12.4 Å². The Morgan fingerprint density at radius 3 is 2.44 bits per heavy atom. The lowest BCUT2D eigenvalue weighted by Gasteiger charge is -2.34. The smallest absolute Gasteiger partial charge is 0.211 e. The van der Waals surface area contributed by atoms with Crippen LogP contribution in [0.5, 0.6) is 0 Å². The van der Waals surface area contributed by atoms with Gasteiger partial charge in [-0.1, -0.05) is 0 Å². The molecule has 1 N–H and O–H groups in total. The monoisotopic (exact) mass is 277 g/mol. The zero-order chi connectivity index (χ0) is 13.2. The van der Waals surface area contributed by atoms with Gasteiger partial charge >= 0.3 is 0 Å². The molecule has 2 aliphatic rings. The molecular formula is C11H23N3O3S. The molecule has 0 amide bonds. The highest BCUT2D eigenvalue weighted by Gasteiger charge is 2.28. The van der Waals surface area contributed by atoms with Crippen molar-refractivity contribution >= 4 is 10.0 Å². The van der Waals surface area contributed by atoms with Crippen molar-refractivity contribution in [2.45, 2.75) is 18.6 Å². The molecule has 2 rings (SSSR count). The quantitative estimate of drug-likeness (QED) is 0.710. The first-order valence-electron chi connectivity index (χ1n) is 6.42. The molecule has 2 heterocycles. The largest absolute Gasteiger partial charge is 0.380 e. The highest BCUT2D eigenvalue weighted by molar-refractivity contribution is 7.88. The minimum Gasteiger partial charge on any atom is -0.380 e. The first-order valence-corrected chi connectivity index (χ1v) is 8.27. The third-order valence-corrected chi connectivity index (χ3v) is 5.10. The molecule has 6 nitrogen and oxygen atoms in total. The summed E-state index contributed by atoms with van der Waals surface area (Å²) in [6.07, 6.45) is 2.65. The summed E-state index contributed by atoms with van der Waals surface area (Å²) in [4.78, 5) is 2.33. The van der Waals surface area contributed by atoms with Gasteiger partial charge < -0.3 is 10.1 Å². The topological polar surface area (TPSA) is 61.9 Å². The average Bonchev–Trinajstić information content (AvgIpc) is 2.76. The van der Waals surface area contributed by atoms with Gasteiger partial charge in [0.1, 0.15) is 0 Å². The number of piperazine rings is 1. The molecule has 0 spiro atoms. The van der Waals surface area contributed by atoms with E-state index in [1.807, 2.05) is 0 Å². The predicted molar refractivity (Wildman–Crippen MR) is 70.1 cm³/mol. The summed E-state index contributed by atoms with van der Waals surface area (Å²) in [7, 11) is -1.27. The van der Waals surface area contributed by atoms with Gasteiger partial charge in [0.25, 0.3) is 0 Å². The Hall–Kier alpha value is -0.210. The van der Waals surface area contributed by atoms with E-state index in [9.17, 15) is 8.42 Å². The molecule has 2 aliphatic heterocycles. The minimum absolute atomic E-state index is 0.326. The van der Waals surface area contributed by atoms with E-state index in [1.165, 1.54) is 6.26 Å². The van der Waals surface area contributed by atoms with Crippen LogP contribution in [0.3, 0.4) is 0 Å². The SMILES string of the molecule is COC1CNC(CN2CCN(S(C)(=O)=O)CC2)C1. The summed E-state index contributed by atoms with van der Waals surface area (Å²) in [6, 6.07) is 0.472. The van der Waals surface area contributed by atoms with Gasteiger partial charge in [-0.15, -0.1) is 0 Å². The fourth-order valence-corrected chi connectivity index (χ4v) is 3.48. The summed E-state index contributed by atoms with van der Waals surface area (Å²) in [5.74, 6) is 0. The zero-order valence-corrected chi connectivity index (χ0v) is 11.9. The molecule has 0 aromatic carbocycles. The van der Waals surface area contributed by atoms with Crippen molar-refractivity contribution in [1.29, 1.82) is 0 Å². The summed E-state index contributed by atoms with van der Waals surface area (Å²) < 4.78 is 29.7. The van der Waals surface area contributed by atoms with E-state index in [2.05, 4.69) is 10.2 Å². The number of ether oxygens (including phenoxy) is 1. The summed E-state index contributed by atoms with van der Waals surface area (Å²) in [6.45, 7) is 4.77. The van der Waals surface area contributed by atoms with Crippen LogP contribution in [0, 0.1) is 0 Å². The number of nitrogens with one attached hydrogen (secondary N) is 1. The van der Waals surface area contributed by atoms with Crippen LogP contribution >= 0.6 is 0 Å². The summed E-state index contributed by atoms with van der Waals surface area (Å²) >= 11 is 0. The van der Waals surface area contributed by atoms with Crippen LogP contribution in [0.25, 0.3) is 0 Å². The molecule has 18 heavy (non-hydrogen) atoms. The molecule has 0 aliphatic carbocycles. The first-order chi connectivity index (χ1) is 8.49. The maximum Gasteiger partial charge on any atom is 0.211 e. The first kappa shape index (κ1) is 14.2. The molecule has 2 saturated heterocycles. The number of hydrogen-bond donors (Lipinski definition) is 1. The van der Waals surface area contributed by atoms with Gasteiger partial charge in [-0.2, -0.15) is 4.31 Å². The molecule has 0 bridgehead atoms. The zero-order valence-electron chi connectivity index (χ0n) is 11.1. The normalized spacial score (nSPS) is 31.9. The van der Waals surface area contributed by atoms with E-state index in [0.29, 0.717) is 25.2 Å². The molecule has 0 aromatic heterocycles.